The molecule has 158 valence electrons. The first kappa shape index (κ1) is 20.9. The predicted octanol–water partition coefficient (Wildman–Crippen LogP) is 5.01. The van der Waals surface area contributed by atoms with E-state index in [1.807, 2.05) is 48.5 Å². The molecule has 0 aromatic heterocycles. The van der Waals surface area contributed by atoms with Gasteiger partial charge in [-0.05, 0) is 46.0 Å². The van der Waals surface area contributed by atoms with Gasteiger partial charge >= 0.3 is 12.1 Å². The summed E-state index contributed by atoms with van der Waals surface area (Å²) < 4.78 is 18.9. The molecule has 0 saturated heterocycles. The molecule has 0 spiro atoms. The zero-order valence-corrected chi connectivity index (χ0v) is 17.1. The van der Waals surface area contributed by atoms with Gasteiger partial charge < -0.3 is 15.2 Å². The fourth-order valence-electron chi connectivity index (χ4n) is 3.90. The molecule has 0 fully saturated rings. The van der Waals surface area contributed by atoms with Crippen molar-refractivity contribution < 1.29 is 23.8 Å². The van der Waals surface area contributed by atoms with Crippen molar-refractivity contribution in [1.82, 2.24) is 5.32 Å². The third-order valence-electron chi connectivity index (χ3n) is 5.37. The Kier molecular flexibility index (Phi) is 5.91. The van der Waals surface area contributed by atoms with E-state index in [1.54, 1.807) is 0 Å². The number of ether oxygens (including phenoxy) is 1. The van der Waals surface area contributed by atoms with Crippen LogP contribution in [0.25, 0.3) is 11.1 Å². The molecule has 3 aromatic carbocycles. The summed E-state index contributed by atoms with van der Waals surface area (Å²) in [6.45, 7) is 0.0624. The number of rotatable bonds is 6. The van der Waals surface area contributed by atoms with Gasteiger partial charge in [-0.2, -0.15) is 0 Å². The van der Waals surface area contributed by atoms with Crippen LogP contribution in [0.15, 0.2) is 66.7 Å². The number of carboxylic acid groups (broad SMARTS) is 1. The lowest BCUT2D eigenvalue weighted by molar-refractivity contribution is -0.139. The van der Waals surface area contributed by atoms with Gasteiger partial charge in [0.25, 0.3) is 0 Å². The number of nitrogens with one attached hydrogen (secondary N) is 1. The first-order chi connectivity index (χ1) is 14.9. The van der Waals surface area contributed by atoms with Gasteiger partial charge in [0.15, 0.2) is 0 Å². The van der Waals surface area contributed by atoms with Crippen LogP contribution in [0.2, 0.25) is 5.02 Å². The van der Waals surface area contributed by atoms with E-state index in [2.05, 4.69) is 5.32 Å². The van der Waals surface area contributed by atoms with Crippen LogP contribution in [0, 0.1) is 5.82 Å². The lowest BCUT2D eigenvalue weighted by Crippen LogP contribution is -2.43. The van der Waals surface area contributed by atoms with Crippen LogP contribution < -0.4 is 5.32 Å². The van der Waals surface area contributed by atoms with E-state index in [4.69, 9.17) is 16.3 Å². The molecule has 7 heteroatoms. The van der Waals surface area contributed by atoms with Crippen molar-refractivity contribution in [2.75, 3.05) is 6.61 Å². The van der Waals surface area contributed by atoms with Gasteiger partial charge in [-0.15, -0.1) is 0 Å². The molecule has 0 bridgehead atoms. The quantitative estimate of drug-likeness (QED) is 0.566. The number of alkyl carbamates (subject to hydrolysis) is 1. The minimum Gasteiger partial charge on any atom is -0.480 e. The Bertz CT molecular complexity index is 1100. The summed E-state index contributed by atoms with van der Waals surface area (Å²) in [4.78, 5) is 24.0. The zero-order valence-electron chi connectivity index (χ0n) is 16.3. The van der Waals surface area contributed by atoms with E-state index >= 15 is 0 Å². The number of fused-ring (bicyclic) bond motifs is 3. The van der Waals surface area contributed by atoms with E-state index in [1.165, 1.54) is 12.1 Å². The SMILES string of the molecule is O=C(N[C@@H](Cc1cc(F)ccc1Cl)C(=O)O)OCC1c2ccccc2-c2ccccc21. The molecular formula is C24H19ClFNO4. The molecule has 0 unspecified atom stereocenters. The molecular weight excluding hydrogens is 421 g/mol. The van der Waals surface area contributed by atoms with Crippen LogP contribution in [-0.2, 0) is 16.0 Å². The molecule has 0 radical (unpaired) electrons. The number of aliphatic carboxylic acids is 1. The number of halogens is 2. The number of carbonyl (C=O) groups excluding carboxylic acids is 1. The first-order valence-electron chi connectivity index (χ1n) is 9.72. The molecule has 5 nitrogen and oxygen atoms in total. The number of hydrogen-bond donors (Lipinski definition) is 2. The van der Waals surface area contributed by atoms with Crippen molar-refractivity contribution in [3.8, 4) is 11.1 Å². The number of amides is 1. The van der Waals surface area contributed by atoms with E-state index in [-0.39, 0.29) is 29.5 Å². The highest BCUT2D eigenvalue weighted by atomic mass is 35.5. The van der Waals surface area contributed by atoms with Gasteiger partial charge in [0.2, 0.25) is 0 Å². The molecule has 3 aromatic rings. The second-order valence-corrected chi connectivity index (χ2v) is 7.71. The number of carbonyl (C=O) groups is 2. The van der Waals surface area contributed by atoms with E-state index in [0.29, 0.717) is 0 Å². The van der Waals surface area contributed by atoms with E-state index in [0.717, 1.165) is 28.3 Å². The van der Waals surface area contributed by atoms with Crippen LogP contribution >= 0.6 is 11.6 Å². The Labute approximate surface area is 183 Å². The summed E-state index contributed by atoms with van der Waals surface area (Å²) >= 11 is 6.02. The van der Waals surface area contributed by atoms with Crippen molar-refractivity contribution in [2.24, 2.45) is 0 Å². The summed E-state index contributed by atoms with van der Waals surface area (Å²) in [5.74, 6) is -1.95. The minimum atomic E-state index is -1.31. The van der Waals surface area contributed by atoms with Gasteiger partial charge in [0.1, 0.15) is 18.5 Å². The largest absolute Gasteiger partial charge is 0.480 e. The van der Waals surface area contributed by atoms with E-state index < -0.39 is 23.9 Å². The van der Waals surface area contributed by atoms with Gasteiger partial charge in [0.05, 0.1) is 0 Å². The Morgan fingerprint density at radius 3 is 2.26 bits per heavy atom. The third-order valence-corrected chi connectivity index (χ3v) is 5.73. The summed E-state index contributed by atoms with van der Waals surface area (Å²) in [6, 6.07) is 18.2. The van der Waals surface area contributed by atoms with Gasteiger partial charge in [-0.1, -0.05) is 60.1 Å². The predicted molar refractivity (Wildman–Crippen MR) is 115 cm³/mol. The highest BCUT2D eigenvalue weighted by Crippen LogP contribution is 2.44. The average Bonchev–Trinajstić information content (AvgIpc) is 3.08. The van der Waals surface area contributed by atoms with Crippen LogP contribution in [-0.4, -0.2) is 29.8 Å². The van der Waals surface area contributed by atoms with Crippen molar-refractivity contribution in [1.29, 1.82) is 0 Å². The van der Waals surface area contributed by atoms with Gasteiger partial charge in [-0.3, -0.25) is 0 Å². The normalized spacial score (nSPS) is 13.2. The Morgan fingerprint density at radius 2 is 1.65 bits per heavy atom. The molecule has 1 aliphatic rings. The average molecular weight is 440 g/mol. The third kappa shape index (κ3) is 4.39. The van der Waals surface area contributed by atoms with Crippen LogP contribution in [0.4, 0.5) is 9.18 Å². The molecule has 4 rings (SSSR count). The fraction of sp³-hybridized carbons (Fsp3) is 0.167. The molecule has 2 N–H and O–H groups in total. The molecule has 0 saturated carbocycles. The van der Waals surface area contributed by atoms with Crippen molar-refractivity contribution >= 4 is 23.7 Å². The van der Waals surface area contributed by atoms with Crippen molar-refractivity contribution in [2.45, 2.75) is 18.4 Å². The van der Waals surface area contributed by atoms with E-state index in [9.17, 15) is 19.1 Å². The zero-order chi connectivity index (χ0) is 22.0. The Morgan fingerprint density at radius 1 is 1.03 bits per heavy atom. The van der Waals surface area contributed by atoms with Crippen LogP contribution in [0.3, 0.4) is 0 Å². The Balaban J connectivity index is 1.45. The highest BCUT2D eigenvalue weighted by Gasteiger charge is 2.30. The molecule has 1 aliphatic carbocycles. The monoisotopic (exact) mass is 439 g/mol. The molecule has 0 heterocycles. The van der Waals surface area contributed by atoms with Gasteiger partial charge in [-0.25, -0.2) is 14.0 Å². The first-order valence-corrected chi connectivity index (χ1v) is 10.1. The topological polar surface area (TPSA) is 75.6 Å². The standard InChI is InChI=1S/C24H19ClFNO4/c25-21-10-9-15(26)11-14(21)12-22(23(28)29)27-24(30)31-13-20-18-7-3-1-5-16(18)17-6-2-4-8-19(17)20/h1-11,20,22H,12-13H2,(H,27,30)(H,28,29)/t22-/m0/s1. The maximum Gasteiger partial charge on any atom is 0.407 e. The number of carboxylic acids is 1. The van der Waals surface area contributed by atoms with Crippen LogP contribution in [0.5, 0.6) is 0 Å². The van der Waals surface area contributed by atoms with Crippen LogP contribution in [0.1, 0.15) is 22.6 Å². The smallest absolute Gasteiger partial charge is 0.407 e. The summed E-state index contributed by atoms with van der Waals surface area (Å²) in [6.07, 6.45) is -1.03. The lowest BCUT2D eigenvalue weighted by atomic mass is 9.98. The Hall–Kier alpha value is -3.38. The minimum absolute atomic E-state index is 0.0624. The lowest BCUT2D eigenvalue weighted by Gasteiger charge is -2.18. The maximum absolute atomic E-state index is 13.5. The fourth-order valence-corrected chi connectivity index (χ4v) is 4.10. The molecule has 1 atom stereocenters. The van der Waals surface area contributed by atoms with Crippen molar-refractivity contribution in [3.05, 3.63) is 94.3 Å². The molecule has 31 heavy (non-hydrogen) atoms. The second-order valence-electron chi connectivity index (χ2n) is 7.30. The second kappa shape index (κ2) is 8.78. The summed E-state index contributed by atoms with van der Waals surface area (Å²) in [5, 5.41) is 12.0. The summed E-state index contributed by atoms with van der Waals surface area (Å²) in [7, 11) is 0. The molecule has 0 aliphatic heterocycles. The summed E-state index contributed by atoms with van der Waals surface area (Å²) in [5.41, 5.74) is 4.58. The number of benzene rings is 3. The van der Waals surface area contributed by atoms with Crippen molar-refractivity contribution in [3.63, 3.8) is 0 Å². The van der Waals surface area contributed by atoms with Gasteiger partial charge in [0, 0.05) is 17.4 Å². The highest BCUT2D eigenvalue weighted by molar-refractivity contribution is 6.31. The number of hydrogen-bond acceptors (Lipinski definition) is 3. The maximum atomic E-state index is 13.5. The molecule has 1 amide bonds.